The van der Waals surface area contributed by atoms with Gasteiger partial charge in [-0.2, -0.15) is 0 Å². The number of hydrogen-bond acceptors (Lipinski definition) is 4. The minimum atomic E-state index is -2.45. The maximum atomic E-state index is 6.26. The maximum absolute atomic E-state index is 6.26. The third-order valence-corrected chi connectivity index (χ3v) is 8.03. The lowest BCUT2D eigenvalue weighted by Gasteiger charge is -2.33. The van der Waals surface area contributed by atoms with Gasteiger partial charge >= 0.3 is 0 Å². The van der Waals surface area contributed by atoms with E-state index in [9.17, 15) is 0 Å². The summed E-state index contributed by atoms with van der Waals surface area (Å²) in [5.74, 6) is 0.976. The summed E-state index contributed by atoms with van der Waals surface area (Å²) in [7, 11) is 4.12. The van der Waals surface area contributed by atoms with E-state index in [-0.39, 0.29) is 0 Å². The van der Waals surface area contributed by atoms with Gasteiger partial charge < -0.3 is 14.3 Å². The van der Waals surface area contributed by atoms with Gasteiger partial charge in [-0.25, -0.2) is 4.76 Å². The molecule has 0 amide bonds. The van der Waals surface area contributed by atoms with Crippen molar-refractivity contribution in [1.82, 2.24) is 0 Å². The van der Waals surface area contributed by atoms with Crippen molar-refractivity contribution in [2.24, 2.45) is 4.76 Å². The minimum absolute atomic E-state index is 0.668. The Kier molecular flexibility index (Phi) is 4.64. The smallest absolute Gasteiger partial charge is 0.208 e. The predicted octanol–water partition coefficient (Wildman–Crippen LogP) is 4.28. The Balaban J connectivity index is 1.86. The van der Waals surface area contributed by atoms with Gasteiger partial charge in [-0.3, -0.25) is 0 Å². The summed E-state index contributed by atoms with van der Waals surface area (Å²) in [6.45, 7) is 3.67. The minimum Gasteiger partial charge on any atom is -0.378 e. The molecule has 0 aliphatic carbocycles. The molecule has 0 radical (unpaired) electrons. The second-order valence-corrected chi connectivity index (χ2v) is 10.4. The number of anilines is 2. The molecule has 2 aliphatic rings. The Labute approximate surface area is 160 Å². The Morgan fingerprint density at radius 3 is 2.81 bits per heavy atom. The van der Waals surface area contributed by atoms with Crippen LogP contribution in [-0.4, -0.2) is 26.5 Å². The Morgan fingerprint density at radius 1 is 1.23 bits per heavy atom. The number of unbranched alkanes of at least 4 members (excludes halogenated alkanes) is 1. The molecule has 2 aromatic rings. The van der Waals surface area contributed by atoms with E-state index in [0.717, 1.165) is 41.9 Å². The zero-order valence-electron chi connectivity index (χ0n) is 15.5. The van der Waals surface area contributed by atoms with E-state index in [1.54, 1.807) is 0 Å². The van der Waals surface area contributed by atoms with Gasteiger partial charge in [0, 0.05) is 25.3 Å². The van der Waals surface area contributed by atoms with Crippen molar-refractivity contribution < 1.29 is 4.52 Å². The van der Waals surface area contributed by atoms with Crippen molar-refractivity contribution in [2.45, 2.75) is 26.3 Å². The van der Waals surface area contributed by atoms with Gasteiger partial charge in [-0.1, -0.05) is 37.6 Å². The van der Waals surface area contributed by atoms with E-state index in [4.69, 9.17) is 21.1 Å². The molecule has 0 saturated heterocycles. The molecule has 2 aromatic carbocycles. The number of benzene rings is 2. The molecule has 1 atom stereocenters. The van der Waals surface area contributed by atoms with Crippen LogP contribution in [0.3, 0.4) is 0 Å². The molecule has 26 heavy (non-hydrogen) atoms. The third kappa shape index (κ3) is 2.88. The van der Waals surface area contributed by atoms with Gasteiger partial charge in [-0.15, -0.1) is 0 Å². The molecule has 2 heterocycles. The monoisotopic (exact) mass is 385 g/mol. The number of nitrogens with zero attached hydrogens (tertiary/aromatic N) is 3. The second-order valence-electron chi connectivity index (χ2n) is 6.94. The first-order chi connectivity index (χ1) is 12.5. The first kappa shape index (κ1) is 17.7. The van der Waals surface area contributed by atoms with Crippen molar-refractivity contribution in [3.05, 3.63) is 53.6 Å². The van der Waals surface area contributed by atoms with E-state index in [2.05, 4.69) is 73.3 Å². The molecule has 0 unspecified atom stereocenters. The van der Waals surface area contributed by atoms with Gasteiger partial charge in [0.15, 0.2) is 0 Å². The molecule has 0 N–H and O–H groups in total. The summed E-state index contributed by atoms with van der Waals surface area (Å²) >= 11 is 6.04. The first-order valence-corrected chi connectivity index (χ1v) is 11.7. The fourth-order valence-corrected chi connectivity index (χ4v) is 6.23. The highest BCUT2D eigenvalue weighted by Gasteiger charge is 2.38. The van der Waals surface area contributed by atoms with Gasteiger partial charge in [-0.05, 0) is 42.0 Å². The lowest BCUT2D eigenvalue weighted by Crippen LogP contribution is -2.33. The van der Waals surface area contributed by atoms with E-state index in [1.165, 1.54) is 11.1 Å². The van der Waals surface area contributed by atoms with Crippen LogP contribution in [0.1, 0.15) is 30.9 Å². The summed E-state index contributed by atoms with van der Waals surface area (Å²) in [6.07, 6.45) is -0.349. The van der Waals surface area contributed by atoms with Crippen LogP contribution in [0.25, 0.3) is 0 Å². The summed E-state index contributed by atoms with van der Waals surface area (Å²) in [5, 5.41) is 1.07. The molecule has 0 aromatic heterocycles. The Bertz CT molecular complexity index is 925. The summed E-state index contributed by atoms with van der Waals surface area (Å²) in [5.41, 5.74) is 4.79. The average molecular weight is 385 g/mol. The van der Waals surface area contributed by atoms with E-state index < -0.39 is 6.42 Å². The molecule has 6 heteroatoms. The average Bonchev–Trinajstić information content (AvgIpc) is 3.00. The fourth-order valence-electron chi connectivity index (χ4n) is 3.43. The van der Waals surface area contributed by atoms with Crippen molar-refractivity contribution in [3.8, 4) is 0 Å². The van der Waals surface area contributed by atoms with Gasteiger partial charge in [0.05, 0.1) is 24.1 Å². The Hall–Kier alpha value is -1.68. The van der Waals surface area contributed by atoms with Crippen molar-refractivity contribution in [1.29, 1.82) is 0 Å². The van der Waals surface area contributed by atoms with Crippen LogP contribution in [0, 0.1) is 0 Å². The van der Waals surface area contributed by atoms with Crippen LogP contribution in [0.5, 0.6) is 0 Å². The summed E-state index contributed by atoms with van der Waals surface area (Å²) in [4.78, 5) is 4.41. The molecule has 136 valence electrons. The lowest BCUT2D eigenvalue weighted by atomic mass is 10.1. The van der Waals surface area contributed by atoms with Crippen molar-refractivity contribution in [2.75, 3.05) is 30.5 Å². The van der Waals surface area contributed by atoms with Gasteiger partial charge in [0.25, 0.3) is 0 Å². The molecular weight excluding hydrogens is 361 g/mol. The normalized spacial score (nSPS) is 20.3. The number of rotatable bonds is 5. The second kappa shape index (κ2) is 6.80. The highest BCUT2D eigenvalue weighted by molar-refractivity contribution is 8.15. The zero-order chi connectivity index (χ0) is 18.3. The lowest BCUT2D eigenvalue weighted by molar-refractivity contribution is 0.345. The highest BCUT2D eigenvalue weighted by atomic mass is 32.4. The molecule has 0 fully saturated rings. The SMILES string of the molecule is CCCCO[P@@]1(=S)N=C2c3ccccc3CN2c2cc(N(C)C)ccc21. The molecule has 4 nitrogen and oxygen atoms in total. The van der Waals surface area contributed by atoms with Crippen LogP contribution in [0.2, 0.25) is 0 Å². The van der Waals surface area contributed by atoms with Crippen molar-refractivity contribution in [3.63, 3.8) is 0 Å². The van der Waals surface area contributed by atoms with Crippen LogP contribution < -0.4 is 15.1 Å². The quantitative estimate of drug-likeness (QED) is 0.567. The molecule has 0 saturated carbocycles. The van der Waals surface area contributed by atoms with Crippen molar-refractivity contribution >= 4 is 40.7 Å². The topological polar surface area (TPSA) is 28.1 Å². The van der Waals surface area contributed by atoms with Crippen LogP contribution in [0.4, 0.5) is 11.4 Å². The third-order valence-electron chi connectivity index (χ3n) is 4.90. The van der Waals surface area contributed by atoms with E-state index in [0.29, 0.717) is 6.61 Å². The van der Waals surface area contributed by atoms with E-state index in [1.807, 2.05) is 0 Å². The van der Waals surface area contributed by atoms with E-state index >= 15 is 0 Å². The van der Waals surface area contributed by atoms with Crippen LogP contribution >= 0.6 is 6.42 Å². The van der Waals surface area contributed by atoms with Gasteiger partial charge in [0.2, 0.25) is 6.42 Å². The molecule has 0 bridgehead atoms. The fraction of sp³-hybridized carbons (Fsp3) is 0.350. The number of fused-ring (bicyclic) bond motifs is 5. The molecule has 2 aliphatic heterocycles. The summed E-state index contributed by atoms with van der Waals surface area (Å²) < 4.78 is 11.3. The maximum Gasteiger partial charge on any atom is 0.208 e. The number of hydrogen-bond donors (Lipinski definition) is 0. The standard InChI is InChI=1S/C20H24N3OPS/c1-4-5-12-24-25(26)19-11-10-16(22(2)3)13-18(19)23-14-15-8-6-7-9-17(15)20(23)21-25/h6-11,13H,4-5,12,14H2,1-3H3/t25-/m0/s1. The predicted molar refractivity (Wildman–Crippen MR) is 115 cm³/mol. The molecular formula is C20H24N3OPS. The van der Waals surface area contributed by atoms with Gasteiger partial charge in [0.1, 0.15) is 5.84 Å². The largest absolute Gasteiger partial charge is 0.378 e. The highest BCUT2D eigenvalue weighted by Crippen LogP contribution is 2.55. The van der Waals surface area contributed by atoms with Crippen LogP contribution in [0.15, 0.2) is 47.2 Å². The van der Waals surface area contributed by atoms with Crippen LogP contribution in [-0.2, 0) is 22.9 Å². The first-order valence-electron chi connectivity index (χ1n) is 9.06. The summed E-state index contributed by atoms with van der Waals surface area (Å²) in [6, 6.07) is 14.9. The zero-order valence-corrected chi connectivity index (χ0v) is 17.2. The molecule has 0 spiro atoms. The Morgan fingerprint density at radius 2 is 2.04 bits per heavy atom. The number of amidine groups is 1. The molecule has 4 rings (SSSR count).